The number of aryl methyl sites for hydroxylation is 1. The van der Waals surface area contributed by atoms with Gasteiger partial charge >= 0.3 is 0 Å². The van der Waals surface area contributed by atoms with Crippen LogP contribution in [0.3, 0.4) is 0 Å². The van der Waals surface area contributed by atoms with Gasteiger partial charge in [0.2, 0.25) is 0 Å². The van der Waals surface area contributed by atoms with Gasteiger partial charge in [0.1, 0.15) is 11.6 Å². The number of nitrogens with zero attached hydrogens (tertiary/aromatic N) is 1. The number of carbonyl (C=O) groups excluding carboxylic acids is 1. The highest BCUT2D eigenvalue weighted by molar-refractivity contribution is 6.30. The third-order valence-electron chi connectivity index (χ3n) is 4.34. The van der Waals surface area contributed by atoms with Gasteiger partial charge in [0.05, 0.1) is 11.8 Å². The van der Waals surface area contributed by atoms with Crippen LogP contribution in [-0.2, 0) is 11.2 Å². The van der Waals surface area contributed by atoms with Crippen molar-refractivity contribution in [2.24, 2.45) is 0 Å². The number of carbonyl (C=O) groups is 1. The summed E-state index contributed by atoms with van der Waals surface area (Å²) in [5.74, 6) is -0.593. The van der Waals surface area contributed by atoms with Crippen molar-refractivity contribution in [2.45, 2.75) is 37.7 Å². The van der Waals surface area contributed by atoms with Gasteiger partial charge in [-0.1, -0.05) is 23.7 Å². The van der Waals surface area contributed by atoms with E-state index >= 15 is 0 Å². The third-order valence-corrected chi connectivity index (χ3v) is 4.57. The second kappa shape index (κ2) is 6.77. The first-order valence-corrected chi connectivity index (χ1v) is 8.03. The molecule has 0 fully saturated rings. The highest BCUT2D eigenvalue weighted by atomic mass is 35.5. The SMILES string of the molecule is O=C(CCc1ccc(Cl)cc1F)[C@@H]1CC[C@@H](O)c2ncccc21. The molecule has 2 atom stereocenters. The lowest BCUT2D eigenvalue weighted by Crippen LogP contribution is -2.22. The van der Waals surface area contributed by atoms with Crippen molar-refractivity contribution in [3.05, 3.63) is 64.2 Å². The second-order valence-electron chi connectivity index (χ2n) is 5.83. The zero-order chi connectivity index (χ0) is 16.4. The maximum absolute atomic E-state index is 13.8. The molecule has 5 heteroatoms. The monoisotopic (exact) mass is 333 g/mol. The Balaban J connectivity index is 1.73. The van der Waals surface area contributed by atoms with Crippen LogP contribution in [0, 0.1) is 5.82 Å². The maximum atomic E-state index is 13.8. The van der Waals surface area contributed by atoms with Crippen molar-refractivity contribution < 1.29 is 14.3 Å². The second-order valence-corrected chi connectivity index (χ2v) is 6.26. The molecule has 1 N–H and O–H groups in total. The summed E-state index contributed by atoms with van der Waals surface area (Å²) in [6.45, 7) is 0. The van der Waals surface area contributed by atoms with E-state index in [-0.39, 0.29) is 23.9 Å². The van der Waals surface area contributed by atoms with Crippen molar-refractivity contribution in [1.29, 1.82) is 0 Å². The van der Waals surface area contributed by atoms with Crippen molar-refractivity contribution in [2.75, 3.05) is 0 Å². The minimum atomic E-state index is -0.607. The number of hydrogen-bond donors (Lipinski definition) is 1. The summed E-state index contributed by atoms with van der Waals surface area (Å²) in [6.07, 6.45) is 2.74. The lowest BCUT2D eigenvalue weighted by Gasteiger charge is -2.27. The molecule has 0 aliphatic heterocycles. The first kappa shape index (κ1) is 16.1. The van der Waals surface area contributed by atoms with E-state index < -0.39 is 6.10 Å². The molecule has 1 aliphatic carbocycles. The van der Waals surface area contributed by atoms with Crippen LogP contribution in [0.5, 0.6) is 0 Å². The Morgan fingerprint density at radius 3 is 2.96 bits per heavy atom. The molecular formula is C18H17ClFNO2. The van der Waals surface area contributed by atoms with Gasteiger partial charge in [-0.2, -0.15) is 0 Å². The Morgan fingerprint density at radius 2 is 2.17 bits per heavy atom. The van der Waals surface area contributed by atoms with Crippen LogP contribution < -0.4 is 0 Å². The largest absolute Gasteiger partial charge is 0.387 e. The van der Waals surface area contributed by atoms with E-state index in [0.29, 0.717) is 35.5 Å². The van der Waals surface area contributed by atoms with Crippen LogP contribution in [0.15, 0.2) is 36.5 Å². The van der Waals surface area contributed by atoms with Gasteiger partial charge < -0.3 is 5.11 Å². The number of halogens is 2. The number of aliphatic hydroxyl groups excluding tert-OH is 1. The van der Waals surface area contributed by atoms with Gasteiger partial charge in [-0.15, -0.1) is 0 Å². The van der Waals surface area contributed by atoms with Crippen LogP contribution in [-0.4, -0.2) is 15.9 Å². The topological polar surface area (TPSA) is 50.2 Å². The van der Waals surface area contributed by atoms with E-state index in [2.05, 4.69) is 4.98 Å². The normalized spacial score (nSPS) is 20.1. The molecule has 0 radical (unpaired) electrons. The molecule has 23 heavy (non-hydrogen) atoms. The Morgan fingerprint density at radius 1 is 1.35 bits per heavy atom. The number of Topliss-reactive ketones (excluding diaryl/α,β-unsaturated/α-hetero) is 1. The number of pyridine rings is 1. The number of aromatic nitrogens is 1. The molecule has 2 aromatic rings. The fraction of sp³-hybridized carbons (Fsp3) is 0.333. The molecule has 120 valence electrons. The summed E-state index contributed by atoms with van der Waals surface area (Å²) in [4.78, 5) is 16.8. The van der Waals surface area contributed by atoms with Crippen LogP contribution in [0.1, 0.15) is 48.1 Å². The molecule has 1 aromatic heterocycles. The minimum Gasteiger partial charge on any atom is -0.387 e. The highest BCUT2D eigenvalue weighted by Gasteiger charge is 2.31. The van der Waals surface area contributed by atoms with Crippen molar-refractivity contribution in [3.63, 3.8) is 0 Å². The maximum Gasteiger partial charge on any atom is 0.140 e. The predicted molar refractivity (Wildman–Crippen MR) is 85.9 cm³/mol. The predicted octanol–water partition coefficient (Wildman–Crippen LogP) is 3.99. The van der Waals surface area contributed by atoms with Crippen molar-refractivity contribution >= 4 is 17.4 Å². The molecule has 0 saturated carbocycles. The molecule has 1 heterocycles. The molecule has 1 aromatic carbocycles. The van der Waals surface area contributed by atoms with Crippen LogP contribution in [0.4, 0.5) is 4.39 Å². The Bertz CT molecular complexity index is 735. The molecular weight excluding hydrogens is 317 g/mol. The van der Waals surface area contributed by atoms with Gasteiger partial charge in [0.25, 0.3) is 0 Å². The number of benzene rings is 1. The molecule has 0 unspecified atom stereocenters. The minimum absolute atomic E-state index is 0.0560. The molecule has 3 rings (SSSR count). The van der Waals surface area contributed by atoms with Gasteiger partial charge in [0.15, 0.2) is 0 Å². The molecule has 1 aliphatic rings. The number of fused-ring (bicyclic) bond motifs is 1. The number of hydrogen-bond acceptors (Lipinski definition) is 3. The van der Waals surface area contributed by atoms with Crippen LogP contribution >= 0.6 is 11.6 Å². The average Bonchev–Trinajstić information content (AvgIpc) is 2.54. The molecule has 0 bridgehead atoms. The Labute approximate surface area is 139 Å². The van der Waals surface area contributed by atoms with Crippen molar-refractivity contribution in [3.8, 4) is 0 Å². The van der Waals surface area contributed by atoms with Crippen LogP contribution in [0.2, 0.25) is 5.02 Å². The lowest BCUT2D eigenvalue weighted by molar-refractivity contribution is -0.121. The number of ketones is 1. The summed E-state index contributed by atoms with van der Waals surface area (Å²) < 4.78 is 13.8. The average molecular weight is 334 g/mol. The van der Waals surface area contributed by atoms with E-state index in [4.69, 9.17) is 11.6 Å². The van der Waals surface area contributed by atoms with Crippen LogP contribution in [0.25, 0.3) is 0 Å². The fourth-order valence-corrected chi connectivity index (χ4v) is 3.27. The summed E-state index contributed by atoms with van der Waals surface area (Å²) in [6, 6.07) is 8.12. The van der Waals surface area contributed by atoms with Gasteiger partial charge in [0, 0.05) is 23.6 Å². The Hall–Kier alpha value is -1.78. The molecule has 3 nitrogen and oxygen atoms in total. The first-order valence-electron chi connectivity index (χ1n) is 7.66. The third kappa shape index (κ3) is 3.43. The number of rotatable bonds is 4. The van der Waals surface area contributed by atoms with E-state index in [1.54, 1.807) is 24.4 Å². The molecule has 0 spiro atoms. The van der Waals surface area contributed by atoms with E-state index in [1.807, 2.05) is 6.07 Å². The number of aliphatic hydroxyl groups is 1. The first-order chi connectivity index (χ1) is 11.1. The zero-order valence-corrected chi connectivity index (χ0v) is 13.3. The van der Waals surface area contributed by atoms with Crippen molar-refractivity contribution in [1.82, 2.24) is 4.98 Å². The van der Waals surface area contributed by atoms with Gasteiger partial charge in [-0.05, 0) is 48.6 Å². The van der Waals surface area contributed by atoms with Gasteiger partial charge in [-0.25, -0.2) is 4.39 Å². The summed E-state index contributed by atoms with van der Waals surface area (Å²) >= 11 is 5.73. The zero-order valence-electron chi connectivity index (χ0n) is 12.5. The van der Waals surface area contributed by atoms with E-state index in [0.717, 1.165) is 5.56 Å². The van der Waals surface area contributed by atoms with E-state index in [9.17, 15) is 14.3 Å². The van der Waals surface area contributed by atoms with Gasteiger partial charge in [-0.3, -0.25) is 9.78 Å². The molecule has 0 amide bonds. The van der Waals surface area contributed by atoms with E-state index in [1.165, 1.54) is 6.07 Å². The quantitative estimate of drug-likeness (QED) is 0.920. The highest BCUT2D eigenvalue weighted by Crippen LogP contribution is 2.37. The smallest absolute Gasteiger partial charge is 0.140 e. The fourth-order valence-electron chi connectivity index (χ4n) is 3.11. The Kier molecular flexibility index (Phi) is 4.74. The summed E-state index contributed by atoms with van der Waals surface area (Å²) in [5, 5.41) is 10.3. The summed E-state index contributed by atoms with van der Waals surface area (Å²) in [7, 11) is 0. The summed E-state index contributed by atoms with van der Waals surface area (Å²) in [5.41, 5.74) is 1.88. The lowest BCUT2D eigenvalue weighted by atomic mass is 9.80. The molecule has 0 saturated heterocycles. The standard InChI is InChI=1S/C18H17ClFNO2/c19-12-5-3-11(15(20)10-12)4-7-16(22)13-6-8-17(23)18-14(13)2-1-9-21-18/h1-3,5,9-10,13,17,23H,4,6-8H2/t13-,17-/m1/s1.